The molecule has 144 valence electrons. The molecule has 0 bridgehead atoms. The first-order valence-electron chi connectivity index (χ1n) is 8.93. The van der Waals surface area contributed by atoms with Crippen molar-refractivity contribution in [2.75, 3.05) is 12.0 Å². The van der Waals surface area contributed by atoms with Gasteiger partial charge in [0.25, 0.3) is 0 Å². The molecule has 1 N–H and O–H groups in total. The molecular weight excluding hydrogens is 380 g/mol. The Hall–Kier alpha value is -2.70. The molecular formula is C21H19ClN2O4. The van der Waals surface area contributed by atoms with Crippen LogP contribution in [0.4, 0.5) is 5.69 Å². The molecule has 28 heavy (non-hydrogen) atoms. The molecule has 2 amide bonds. The second-order valence-corrected chi connectivity index (χ2v) is 7.64. The van der Waals surface area contributed by atoms with Crippen molar-refractivity contribution in [1.82, 2.24) is 5.32 Å². The van der Waals surface area contributed by atoms with Crippen LogP contribution in [0.25, 0.3) is 0 Å². The molecule has 0 spiro atoms. The Labute approximate surface area is 167 Å². The van der Waals surface area contributed by atoms with Crippen LogP contribution >= 0.6 is 11.6 Å². The van der Waals surface area contributed by atoms with Crippen LogP contribution in [0.1, 0.15) is 12.5 Å². The van der Waals surface area contributed by atoms with Crippen molar-refractivity contribution in [2.24, 2.45) is 11.8 Å². The lowest BCUT2D eigenvalue weighted by molar-refractivity contribution is -0.145. The van der Waals surface area contributed by atoms with Crippen LogP contribution in [0.15, 0.2) is 54.6 Å². The minimum atomic E-state index is -0.926. The molecule has 0 radical (unpaired) electrons. The summed E-state index contributed by atoms with van der Waals surface area (Å²) in [6, 6.07) is 14.9. The topological polar surface area (TPSA) is 75.7 Å². The zero-order chi connectivity index (χ0) is 20.1. The molecule has 2 aliphatic rings. The number of esters is 1. The van der Waals surface area contributed by atoms with Gasteiger partial charge in [-0.25, -0.2) is 4.90 Å². The van der Waals surface area contributed by atoms with E-state index in [1.54, 1.807) is 48.5 Å². The number of hydrogen-bond acceptors (Lipinski definition) is 5. The Balaban J connectivity index is 1.83. The number of halogens is 1. The maximum absolute atomic E-state index is 13.4. The molecule has 0 aromatic heterocycles. The first kappa shape index (κ1) is 18.7. The number of nitrogens with one attached hydrogen (secondary N) is 1. The highest BCUT2D eigenvalue weighted by Gasteiger charge is 2.66. The maximum atomic E-state index is 13.4. The van der Waals surface area contributed by atoms with Gasteiger partial charge in [0.2, 0.25) is 11.8 Å². The van der Waals surface area contributed by atoms with E-state index < -0.39 is 35.3 Å². The zero-order valence-electron chi connectivity index (χ0n) is 15.4. The van der Waals surface area contributed by atoms with E-state index in [-0.39, 0.29) is 5.91 Å². The van der Waals surface area contributed by atoms with Gasteiger partial charge in [-0.05, 0) is 36.8 Å². The third-order valence-corrected chi connectivity index (χ3v) is 5.95. The lowest BCUT2D eigenvalue weighted by atomic mass is 9.77. The van der Waals surface area contributed by atoms with Crippen LogP contribution in [0.3, 0.4) is 0 Å². The summed E-state index contributed by atoms with van der Waals surface area (Å²) in [5.74, 6) is -2.89. The molecule has 2 heterocycles. The Kier molecular flexibility index (Phi) is 4.48. The number of fused-ring (bicyclic) bond motifs is 1. The summed E-state index contributed by atoms with van der Waals surface area (Å²) in [7, 11) is 1.27. The SMILES string of the molecule is COC(=O)[C@H]1N[C@@](C)(c2ccc(Cl)cc2)[C@H]2C(=O)N(c3ccccc3)C(=O)[C@@H]12. The number of anilines is 1. The van der Waals surface area contributed by atoms with Crippen LogP contribution < -0.4 is 10.2 Å². The molecule has 2 aliphatic heterocycles. The van der Waals surface area contributed by atoms with Crippen LogP contribution in [-0.2, 0) is 24.7 Å². The highest BCUT2D eigenvalue weighted by Crippen LogP contribution is 2.49. The third-order valence-electron chi connectivity index (χ3n) is 5.70. The summed E-state index contributed by atoms with van der Waals surface area (Å²) >= 11 is 6.01. The minimum absolute atomic E-state index is 0.336. The van der Waals surface area contributed by atoms with E-state index in [0.717, 1.165) is 5.56 Å². The number of carbonyl (C=O) groups is 3. The van der Waals surface area contributed by atoms with E-state index in [1.165, 1.54) is 12.0 Å². The quantitative estimate of drug-likeness (QED) is 0.635. The number of benzene rings is 2. The Morgan fingerprint density at radius 3 is 2.32 bits per heavy atom. The lowest BCUT2D eigenvalue weighted by Gasteiger charge is -2.31. The van der Waals surface area contributed by atoms with Crippen molar-refractivity contribution < 1.29 is 19.1 Å². The standard InChI is InChI=1S/C21H19ClN2O4/c1-21(12-8-10-13(22)11-9-12)16-15(17(23-21)20(27)28-2)18(25)24(19(16)26)14-6-4-3-5-7-14/h3-11,15-17,23H,1-2H3/t15-,16-,17+,21+/m1/s1. The lowest BCUT2D eigenvalue weighted by Crippen LogP contribution is -2.49. The van der Waals surface area contributed by atoms with Crippen LogP contribution in [0.5, 0.6) is 0 Å². The second-order valence-electron chi connectivity index (χ2n) is 7.21. The first-order valence-corrected chi connectivity index (χ1v) is 9.30. The van der Waals surface area contributed by atoms with Crippen molar-refractivity contribution in [1.29, 1.82) is 0 Å². The number of methoxy groups -OCH3 is 1. The molecule has 0 unspecified atom stereocenters. The van der Waals surface area contributed by atoms with Gasteiger partial charge in [-0.3, -0.25) is 19.7 Å². The van der Waals surface area contributed by atoms with Gasteiger partial charge >= 0.3 is 5.97 Å². The number of amides is 2. The fourth-order valence-electron chi connectivity index (χ4n) is 4.36. The molecule has 4 rings (SSSR count). The van der Waals surface area contributed by atoms with Gasteiger partial charge in [-0.2, -0.15) is 0 Å². The average molecular weight is 399 g/mol. The molecule has 7 heteroatoms. The molecule has 6 nitrogen and oxygen atoms in total. The number of para-hydroxylation sites is 1. The highest BCUT2D eigenvalue weighted by molar-refractivity contribution is 6.30. The summed E-state index contributed by atoms with van der Waals surface area (Å²) in [6.45, 7) is 1.83. The third kappa shape index (κ3) is 2.64. The molecule has 0 aliphatic carbocycles. The van der Waals surface area contributed by atoms with E-state index in [4.69, 9.17) is 16.3 Å². The first-order chi connectivity index (χ1) is 13.4. The number of carbonyl (C=O) groups excluding carboxylic acids is 3. The van der Waals surface area contributed by atoms with E-state index in [1.807, 2.05) is 13.0 Å². The number of hydrogen-bond donors (Lipinski definition) is 1. The fraction of sp³-hybridized carbons (Fsp3) is 0.286. The van der Waals surface area contributed by atoms with Crippen LogP contribution in [0, 0.1) is 11.8 Å². The van der Waals surface area contributed by atoms with Crippen molar-refractivity contribution in [3.05, 3.63) is 65.2 Å². The van der Waals surface area contributed by atoms with Gasteiger partial charge in [0.15, 0.2) is 0 Å². The van der Waals surface area contributed by atoms with Gasteiger partial charge in [-0.1, -0.05) is 41.9 Å². The Morgan fingerprint density at radius 2 is 1.71 bits per heavy atom. The van der Waals surface area contributed by atoms with E-state index in [2.05, 4.69) is 5.32 Å². The van der Waals surface area contributed by atoms with Crippen LogP contribution in [-0.4, -0.2) is 30.9 Å². The predicted molar refractivity (Wildman–Crippen MR) is 104 cm³/mol. The maximum Gasteiger partial charge on any atom is 0.323 e. The van der Waals surface area contributed by atoms with Crippen molar-refractivity contribution in [2.45, 2.75) is 18.5 Å². The molecule has 0 saturated carbocycles. The molecule has 2 aromatic carbocycles. The molecule has 2 aromatic rings. The smallest absolute Gasteiger partial charge is 0.323 e. The predicted octanol–water partition coefficient (Wildman–Crippen LogP) is 2.51. The van der Waals surface area contributed by atoms with Gasteiger partial charge in [0.1, 0.15) is 6.04 Å². The van der Waals surface area contributed by atoms with Gasteiger partial charge < -0.3 is 4.74 Å². The van der Waals surface area contributed by atoms with Gasteiger partial charge in [0, 0.05) is 5.02 Å². The summed E-state index contributed by atoms with van der Waals surface area (Å²) in [5, 5.41) is 3.76. The largest absolute Gasteiger partial charge is 0.468 e. The van der Waals surface area contributed by atoms with Crippen molar-refractivity contribution in [3.63, 3.8) is 0 Å². The molecule has 2 fully saturated rings. The normalized spacial score (nSPS) is 29.1. The summed E-state index contributed by atoms with van der Waals surface area (Å²) in [6.07, 6.45) is 0. The second kappa shape index (κ2) is 6.72. The van der Waals surface area contributed by atoms with E-state index in [0.29, 0.717) is 10.7 Å². The van der Waals surface area contributed by atoms with Gasteiger partial charge in [0.05, 0.1) is 30.2 Å². The van der Waals surface area contributed by atoms with Gasteiger partial charge in [-0.15, -0.1) is 0 Å². The molecule has 4 atom stereocenters. The molecule has 2 saturated heterocycles. The fourth-order valence-corrected chi connectivity index (χ4v) is 4.49. The Morgan fingerprint density at radius 1 is 1.07 bits per heavy atom. The minimum Gasteiger partial charge on any atom is -0.468 e. The summed E-state index contributed by atoms with van der Waals surface area (Å²) in [4.78, 5) is 40.3. The van der Waals surface area contributed by atoms with Crippen LogP contribution in [0.2, 0.25) is 5.02 Å². The summed E-state index contributed by atoms with van der Waals surface area (Å²) in [5.41, 5.74) is 0.341. The number of nitrogens with zero attached hydrogens (tertiary/aromatic N) is 1. The monoisotopic (exact) mass is 398 g/mol. The van der Waals surface area contributed by atoms with E-state index >= 15 is 0 Å². The zero-order valence-corrected chi connectivity index (χ0v) is 16.1. The van der Waals surface area contributed by atoms with Crippen molar-refractivity contribution in [3.8, 4) is 0 Å². The Bertz CT molecular complexity index is 947. The highest BCUT2D eigenvalue weighted by atomic mass is 35.5. The average Bonchev–Trinajstić information content (AvgIpc) is 3.16. The number of imide groups is 1. The number of ether oxygens (including phenoxy) is 1. The van der Waals surface area contributed by atoms with Crippen molar-refractivity contribution >= 4 is 35.1 Å². The van der Waals surface area contributed by atoms with E-state index in [9.17, 15) is 14.4 Å². The number of rotatable bonds is 3. The summed E-state index contributed by atoms with van der Waals surface area (Å²) < 4.78 is 4.91.